The Kier molecular flexibility index (Phi) is 13.7. The zero-order chi connectivity index (χ0) is 27.1. The van der Waals surface area contributed by atoms with Gasteiger partial charge in [-0.3, -0.25) is 19.2 Å². The molecule has 0 aliphatic carbocycles. The summed E-state index contributed by atoms with van der Waals surface area (Å²) in [5.74, 6) is -2.13. The highest BCUT2D eigenvalue weighted by atomic mass is 32.2. The number of carbonyl (C=O) groups is 5. The van der Waals surface area contributed by atoms with Crippen LogP contribution in [0.1, 0.15) is 33.1 Å². The van der Waals surface area contributed by atoms with Crippen molar-refractivity contribution < 1.29 is 29.1 Å². The van der Waals surface area contributed by atoms with Crippen LogP contribution in [0, 0.1) is 5.92 Å². The molecule has 1 aliphatic rings. The highest BCUT2D eigenvalue weighted by Gasteiger charge is 2.26. The van der Waals surface area contributed by atoms with E-state index in [1.54, 1.807) is 13.0 Å². The molecule has 2 atom stereocenters. The van der Waals surface area contributed by atoms with E-state index in [4.69, 9.17) is 0 Å². The third kappa shape index (κ3) is 10.8. The van der Waals surface area contributed by atoms with Gasteiger partial charge in [-0.05, 0) is 35.8 Å². The fourth-order valence-corrected chi connectivity index (χ4v) is 3.75. The van der Waals surface area contributed by atoms with Crippen LogP contribution in [0.5, 0.6) is 0 Å². The predicted octanol–water partition coefficient (Wildman–Crippen LogP) is 0.535. The van der Waals surface area contributed by atoms with Gasteiger partial charge in [-0.1, -0.05) is 32.9 Å². The first-order chi connectivity index (χ1) is 17.1. The van der Waals surface area contributed by atoms with Crippen molar-refractivity contribution >= 4 is 41.7 Å². The smallest absolute Gasteiger partial charge is 0.243 e. The van der Waals surface area contributed by atoms with Gasteiger partial charge in [0.05, 0.1) is 24.7 Å². The molecule has 0 aromatic heterocycles. The Morgan fingerprint density at radius 1 is 1.11 bits per heavy atom. The lowest BCUT2D eigenvalue weighted by Gasteiger charge is -2.23. The van der Waals surface area contributed by atoms with E-state index in [1.807, 2.05) is 13.2 Å². The number of nitrogens with one attached hydrogen (secondary N) is 5. The van der Waals surface area contributed by atoms with E-state index < -0.39 is 23.8 Å². The van der Waals surface area contributed by atoms with Crippen LogP contribution in [-0.4, -0.2) is 67.0 Å². The maximum Gasteiger partial charge on any atom is 0.243 e. The number of aliphatic hydroxyl groups excluding tert-OH is 1. The zero-order valence-electron chi connectivity index (χ0n) is 20.8. The molecule has 0 saturated carbocycles. The van der Waals surface area contributed by atoms with Gasteiger partial charge in [-0.15, -0.1) is 11.8 Å². The normalized spacial score (nSPS) is 19.2. The summed E-state index contributed by atoms with van der Waals surface area (Å²) in [6.07, 6.45) is 8.04. The number of carbonyl (C=O) groups excluding carboxylic acids is 5. The summed E-state index contributed by atoms with van der Waals surface area (Å²) in [5.41, 5.74) is 1.46. The third-order valence-electron chi connectivity index (χ3n) is 5.34. The quantitative estimate of drug-likeness (QED) is 0.180. The molecule has 0 aromatic carbocycles. The zero-order valence-corrected chi connectivity index (χ0v) is 21.6. The summed E-state index contributed by atoms with van der Waals surface area (Å²) in [6.45, 7) is 6.83. The first kappa shape index (κ1) is 30.5. The predicted molar refractivity (Wildman–Crippen MR) is 138 cm³/mol. The average Bonchev–Trinajstić information content (AvgIpc) is 2.86. The summed E-state index contributed by atoms with van der Waals surface area (Å²) in [4.78, 5) is 59.3. The van der Waals surface area contributed by atoms with Gasteiger partial charge in [0, 0.05) is 12.6 Å². The largest absolute Gasteiger partial charge is 0.506 e. The molecule has 1 aliphatic heterocycles. The molecule has 198 valence electrons. The molecule has 2 unspecified atom stereocenters. The molecule has 1 rings (SSSR count). The second-order valence-corrected chi connectivity index (χ2v) is 8.80. The minimum absolute atomic E-state index is 0.0519. The molecule has 0 spiro atoms. The Hall–Kier alpha value is -3.54. The number of thioether (sulfide) groups is 1. The summed E-state index contributed by atoms with van der Waals surface area (Å²) in [7, 11) is 0. The molecule has 11 nitrogen and oxygen atoms in total. The maximum absolute atomic E-state index is 12.5. The van der Waals surface area contributed by atoms with Crippen LogP contribution in [0.2, 0.25) is 0 Å². The van der Waals surface area contributed by atoms with Crippen molar-refractivity contribution in [3.8, 4) is 0 Å². The fraction of sp³-hybridized carbons (Fsp3) is 0.458. The van der Waals surface area contributed by atoms with Crippen LogP contribution < -0.4 is 26.6 Å². The molecule has 4 amide bonds. The average molecular weight is 522 g/mol. The maximum atomic E-state index is 12.5. The van der Waals surface area contributed by atoms with Gasteiger partial charge in [0.25, 0.3) is 0 Å². The Labute approximate surface area is 215 Å². The van der Waals surface area contributed by atoms with Crippen LogP contribution in [0.3, 0.4) is 0 Å². The van der Waals surface area contributed by atoms with Gasteiger partial charge in [-0.2, -0.15) is 0 Å². The van der Waals surface area contributed by atoms with Crippen LogP contribution in [0.4, 0.5) is 0 Å². The van der Waals surface area contributed by atoms with Gasteiger partial charge in [-0.25, -0.2) is 0 Å². The lowest BCUT2D eigenvalue weighted by molar-refractivity contribution is -0.132. The number of hydrogen-bond donors (Lipinski definition) is 6. The minimum Gasteiger partial charge on any atom is -0.506 e. The van der Waals surface area contributed by atoms with Crippen molar-refractivity contribution in [2.45, 2.75) is 39.2 Å². The van der Waals surface area contributed by atoms with E-state index in [0.717, 1.165) is 10.6 Å². The molecule has 0 fully saturated rings. The van der Waals surface area contributed by atoms with Gasteiger partial charge >= 0.3 is 0 Å². The van der Waals surface area contributed by atoms with Gasteiger partial charge in [0.15, 0.2) is 0 Å². The van der Waals surface area contributed by atoms with Crippen molar-refractivity contribution in [1.29, 1.82) is 0 Å². The van der Waals surface area contributed by atoms with Crippen LogP contribution in [0.15, 0.2) is 46.9 Å². The monoisotopic (exact) mass is 521 g/mol. The van der Waals surface area contributed by atoms with E-state index in [2.05, 4.69) is 33.2 Å². The minimum atomic E-state index is -0.895. The lowest BCUT2D eigenvalue weighted by atomic mass is 9.98. The molecule has 12 heteroatoms. The lowest BCUT2D eigenvalue weighted by Crippen LogP contribution is -2.53. The van der Waals surface area contributed by atoms with Crippen molar-refractivity contribution in [2.75, 3.05) is 25.9 Å². The molecule has 6 N–H and O–H groups in total. The first-order valence-electron chi connectivity index (χ1n) is 11.5. The summed E-state index contributed by atoms with van der Waals surface area (Å²) in [6, 6.07) is -0.895. The van der Waals surface area contributed by atoms with Gasteiger partial charge < -0.3 is 36.5 Å². The number of aliphatic hydroxyl groups is 1. The third-order valence-corrected chi connectivity index (χ3v) is 6.11. The Morgan fingerprint density at radius 3 is 2.44 bits per heavy atom. The van der Waals surface area contributed by atoms with E-state index in [1.165, 1.54) is 24.0 Å². The molecule has 1 heterocycles. The van der Waals surface area contributed by atoms with Crippen molar-refractivity contribution in [1.82, 2.24) is 26.6 Å². The van der Waals surface area contributed by atoms with E-state index >= 15 is 0 Å². The fourth-order valence-electron chi connectivity index (χ4n) is 3.09. The topological polar surface area (TPSA) is 166 Å². The Morgan fingerprint density at radius 2 is 1.81 bits per heavy atom. The number of hydrogen-bond acceptors (Lipinski definition) is 8. The Balaban J connectivity index is 2.62. The van der Waals surface area contributed by atoms with Crippen molar-refractivity contribution in [3.05, 3.63) is 46.9 Å². The second-order valence-electron chi connectivity index (χ2n) is 7.98. The van der Waals surface area contributed by atoms with Crippen molar-refractivity contribution in [3.63, 3.8) is 0 Å². The molecule has 0 radical (unpaired) electrons. The molecule has 0 bridgehead atoms. The van der Waals surface area contributed by atoms with Crippen molar-refractivity contribution in [2.24, 2.45) is 5.92 Å². The van der Waals surface area contributed by atoms with Crippen LogP contribution in [-0.2, 0) is 24.0 Å². The first-order valence-corrected chi connectivity index (χ1v) is 12.7. The molecule has 0 aromatic rings. The van der Waals surface area contributed by atoms with Crippen LogP contribution >= 0.6 is 11.8 Å². The van der Waals surface area contributed by atoms with Gasteiger partial charge in [0.1, 0.15) is 18.1 Å². The number of rotatable bonds is 14. The SMILES string of the molecule is C=C1/C=C\C(O)=C/N/C(SC)=C\1CCC(=O)NCC(=O)NC(C(=O)NCC(=O)NCC=O)C(C)CC. The Bertz CT molecular complexity index is 943. The van der Waals surface area contributed by atoms with E-state index in [0.29, 0.717) is 24.7 Å². The highest BCUT2D eigenvalue weighted by molar-refractivity contribution is 8.02. The number of allylic oxidation sites excluding steroid dienone is 4. The number of amides is 4. The number of aldehydes is 1. The molecular weight excluding hydrogens is 486 g/mol. The molecule has 36 heavy (non-hydrogen) atoms. The molecular formula is C24H35N5O6S. The van der Waals surface area contributed by atoms with E-state index in [9.17, 15) is 29.1 Å². The summed E-state index contributed by atoms with van der Waals surface area (Å²) >= 11 is 1.42. The summed E-state index contributed by atoms with van der Waals surface area (Å²) in [5, 5.41) is 23.3. The summed E-state index contributed by atoms with van der Waals surface area (Å²) < 4.78 is 0. The van der Waals surface area contributed by atoms with E-state index in [-0.39, 0.29) is 43.6 Å². The van der Waals surface area contributed by atoms with Gasteiger partial charge in [0.2, 0.25) is 23.6 Å². The standard InChI is InChI=1S/C24H35N5O6S/c1-5-15(2)22(23(35)27-13-20(33)25-10-11-30)29-21(34)14-26-19(32)9-8-18-16(3)6-7-17(31)12-28-24(18)36-4/h6-7,11-12,15,22,28,31H,3,5,8-10,13-14H2,1-2,4H3,(H,25,33)(H,26,32)(H,27,35)(H,29,34)/b7-6-,17-12+,24-18+. The highest BCUT2D eigenvalue weighted by Crippen LogP contribution is 2.26. The van der Waals surface area contributed by atoms with Crippen LogP contribution in [0.25, 0.3) is 0 Å². The second kappa shape index (κ2) is 16.2. The molecule has 0 saturated heterocycles.